The first-order chi connectivity index (χ1) is 8.56. The largest absolute Gasteiger partial charge is 0.386 e. The van der Waals surface area contributed by atoms with E-state index in [4.69, 9.17) is 0 Å². The minimum Gasteiger partial charge on any atom is -0.386 e. The molecule has 94 valence electrons. The molecule has 0 saturated heterocycles. The predicted octanol–water partition coefficient (Wildman–Crippen LogP) is 3.57. The van der Waals surface area contributed by atoms with Gasteiger partial charge in [-0.1, -0.05) is 28.1 Å². The highest BCUT2D eigenvalue weighted by atomic mass is 79.9. The molecule has 2 nitrogen and oxygen atoms in total. The summed E-state index contributed by atoms with van der Waals surface area (Å²) in [7, 11) is 0. The standard InChI is InChI=1S/C14H13BrFNO/c1-9-3-2-4-13(17-9)14(18)7-10-5-6-11(15)8-12(10)16/h2-6,8,14,18H,7H2,1H3. The third-order valence-electron chi connectivity index (χ3n) is 2.68. The molecule has 1 heterocycles. The minimum absolute atomic E-state index is 0.218. The lowest BCUT2D eigenvalue weighted by atomic mass is 10.0. The Bertz CT molecular complexity index is 559. The fourth-order valence-corrected chi connectivity index (χ4v) is 2.08. The van der Waals surface area contributed by atoms with Crippen molar-refractivity contribution < 1.29 is 9.50 Å². The van der Waals surface area contributed by atoms with Gasteiger partial charge in [0.25, 0.3) is 0 Å². The van der Waals surface area contributed by atoms with Crippen LogP contribution in [0.5, 0.6) is 0 Å². The van der Waals surface area contributed by atoms with E-state index in [0.29, 0.717) is 15.7 Å². The van der Waals surface area contributed by atoms with Crippen LogP contribution in [-0.2, 0) is 6.42 Å². The summed E-state index contributed by atoms with van der Waals surface area (Å²) >= 11 is 3.20. The maximum Gasteiger partial charge on any atom is 0.127 e. The molecule has 0 spiro atoms. The van der Waals surface area contributed by atoms with Gasteiger partial charge in [-0.25, -0.2) is 4.39 Å². The van der Waals surface area contributed by atoms with Gasteiger partial charge in [-0.05, 0) is 36.8 Å². The van der Waals surface area contributed by atoms with E-state index in [1.165, 1.54) is 6.07 Å². The van der Waals surface area contributed by atoms with Crippen LogP contribution >= 0.6 is 15.9 Å². The lowest BCUT2D eigenvalue weighted by Gasteiger charge is -2.11. The molecule has 18 heavy (non-hydrogen) atoms. The van der Waals surface area contributed by atoms with Crippen molar-refractivity contribution in [2.45, 2.75) is 19.4 Å². The first kappa shape index (κ1) is 13.2. The molecule has 4 heteroatoms. The molecule has 1 N–H and O–H groups in total. The molecule has 0 amide bonds. The van der Waals surface area contributed by atoms with Crippen molar-refractivity contribution in [1.29, 1.82) is 0 Å². The third-order valence-corrected chi connectivity index (χ3v) is 3.17. The quantitative estimate of drug-likeness (QED) is 0.940. The number of rotatable bonds is 3. The number of aliphatic hydroxyl groups excluding tert-OH is 1. The molecular formula is C14H13BrFNO. The Morgan fingerprint density at radius 1 is 1.33 bits per heavy atom. The van der Waals surface area contributed by atoms with E-state index in [-0.39, 0.29) is 12.2 Å². The van der Waals surface area contributed by atoms with E-state index in [9.17, 15) is 9.50 Å². The molecule has 1 atom stereocenters. The van der Waals surface area contributed by atoms with E-state index in [1.54, 1.807) is 18.2 Å². The van der Waals surface area contributed by atoms with Crippen LogP contribution in [0.4, 0.5) is 4.39 Å². The normalized spacial score (nSPS) is 12.4. The zero-order chi connectivity index (χ0) is 13.1. The van der Waals surface area contributed by atoms with Crippen LogP contribution in [0, 0.1) is 12.7 Å². The molecule has 1 aromatic heterocycles. The Balaban J connectivity index is 2.18. The van der Waals surface area contributed by atoms with E-state index in [1.807, 2.05) is 19.1 Å². The van der Waals surface area contributed by atoms with Gasteiger partial charge in [0.1, 0.15) is 11.9 Å². The Hall–Kier alpha value is -1.26. The van der Waals surface area contributed by atoms with Gasteiger partial charge >= 0.3 is 0 Å². The van der Waals surface area contributed by atoms with Gasteiger partial charge in [-0.15, -0.1) is 0 Å². The van der Waals surface area contributed by atoms with Crippen LogP contribution in [-0.4, -0.2) is 10.1 Å². The first-order valence-electron chi connectivity index (χ1n) is 5.62. The molecule has 1 unspecified atom stereocenters. The van der Waals surface area contributed by atoms with E-state index in [2.05, 4.69) is 20.9 Å². The second-order valence-electron chi connectivity index (χ2n) is 4.16. The topological polar surface area (TPSA) is 33.1 Å². The van der Waals surface area contributed by atoms with Crippen molar-refractivity contribution in [3.8, 4) is 0 Å². The first-order valence-corrected chi connectivity index (χ1v) is 6.41. The van der Waals surface area contributed by atoms with Gasteiger partial charge < -0.3 is 5.11 Å². The van der Waals surface area contributed by atoms with Crippen LogP contribution in [0.15, 0.2) is 40.9 Å². The van der Waals surface area contributed by atoms with Crippen LogP contribution in [0.3, 0.4) is 0 Å². The maximum atomic E-state index is 13.6. The van der Waals surface area contributed by atoms with Gasteiger partial charge in [0, 0.05) is 16.6 Å². The lowest BCUT2D eigenvalue weighted by Crippen LogP contribution is -2.06. The van der Waals surface area contributed by atoms with Crippen molar-refractivity contribution in [2.24, 2.45) is 0 Å². The summed E-state index contributed by atoms with van der Waals surface area (Å²) in [6, 6.07) is 10.3. The summed E-state index contributed by atoms with van der Waals surface area (Å²) in [6.45, 7) is 1.86. The summed E-state index contributed by atoms with van der Waals surface area (Å²) in [5.41, 5.74) is 1.88. The minimum atomic E-state index is -0.791. The monoisotopic (exact) mass is 309 g/mol. The number of aliphatic hydroxyl groups is 1. The van der Waals surface area contributed by atoms with E-state index >= 15 is 0 Å². The number of halogens is 2. The van der Waals surface area contributed by atoms with Crippen molar-refractivity contribution in [3.05, 3.63) is 63.6 Å². The molecule has 0 aliphatic heterocycles. The SMILES string of the molecule is Cc1cccc(C(O)Cc2ccc(Br)cc2F)n1. The molecule has 0 aliphatic rings. The number of aromatic nitrogens is 1. The van der Waals surface area contributed by atoms with E-state index in [0.717, 1.165) is 5.69 Å². The average molecular weight is 310 g/mol. The van der Waals surface area contributed by atoms with Gasteiger partial charge in [0.2, 0.25) is 0 Å². The summed E-state index contributed by atoms with van der Waals surface area (Å²) in [6.07, 6.45) is -0.573. The summed E-state index contributed by atoms with van der Waals surface area (Å²) in [5.74, 6) is -0.323. The highest BCUT2D eigenvalue weighted by Crippen LogP contribution is 2.21. The molecule has 0 radical (unpaired) electrons. The number of nitrogens with zero attached hydrogens (tertiary/aromatic N) is 1. The van der Waals surface area contributed by atoms with Gasteiger partial charge in [-0.2, -0.15) is 0 Å². The number of benzene rings is 1. The molecule has 1 aromatic carbocycles. The van der Waals surface area contributed by atoms with Crippen molar-refractivity contribution in [2.75, 3.05) is 0 Å². The fourth-order valence-electron chi connectivity index (χ4n) is 1.75. The van der Waals surface area contributed by atoms with Gasteiger partial charge in [-0.3, -0.25) is 4.98 Å². The highest BCUT2D eigenvalue weighted by Gasteiger charge is 2.13. The summed E-state index contributed by atoms with van der Waals surface area (Å²) < 4.78 is 14.3. The smallest absolute Gasteiger partial charge is 0.127 e. The van der Waals surface area contributed by atoms with Crippen LogP contribution in [0.25, 0.3) is 0 Å². The Morgan fingerprint density at radius 3 is 2.78 bits per heavy atom. The van der Waals surface area contributed by atoms with Gasteiger partial charge in [0.15, 0.2) is 0 Å². The summed E-state index contributed by atoms with van der Waals surface area (Å²) in [5, 5.41) is 10.1. The molecule has 0 bridgehead atoms. The zero-order valence-corrected chi connectivity index (χ0v) is 11.5. The Morgan fingerprint density at radius 2 is 2.11 bits per heavy atom. The number of pyridine rings is 1. The number of hydrogen-bond donors (Lipinski definition) is 1. The number of hydrogen-bond acceptors (Lipinski definition) is 2. The third kappa shape index (κ3) is 3.15. The van der Waals surface area contributed by atoms with Crippen molar-refractivity contribution >= 4 is 15.9 Å². The Kier molecular flexibility index (Phi) is 4.09. The molecule has 0 fully saturated rings. The van der Waals surface area contributed by atoms with Crippen molar-refractivity contribution in [1.82, 2.24) is 4.98 Å². The van der Waals surface area contributed by atoms with Crippen molar-refractivity contribution in [3.63, 3.8) is 0 Å². The second-order valence-corrected chi connectivity index (χ2v) is 5.08. The van der Waals surface area contributed by atoms with Crippen LogP contribution in [0.1, 0.15) is 23.1 Å². The van der Waals surface area contributed by atoms with E-state index < -0.39 is 6.10 Å². The average Bonchev–Trinajstić information content (AvgIpc) is 2.32. The number of aryl methyl sites for hydroxylation is 1. The lowest BCUT2D eigenvalue weighted by molar-refractivity contribution is 0.172. The molecule has 2 aromatic rings. The molecule has 2 rings (SSSR count). The van der Waals surface area contributed by atoms with Crippen LogP contribution in [0.2, 0.25) is 0 Å². The van der Waals surface area contributed by atoms with Gasteiger partial charge in [0.05, 0.1) is 5.69 Å². The highest BCUT2D eigenvalue weighted by molar-refractivity contribution is 9.10. The zero-order valence-electron chi connectivity index (χ0n) is 9.90. The molecule has 0 saturated carbocycles. The fraction of sp³-hybridized carbons (Fsp3) is 0.214. The molecular weight excluding hydrogens is 297 g/mol. The van der Waals surface area contributed by atoms with Crippen LogP contribution < -0.4 is 0 Å². The molecule has 0 aliphatic carbocycles. The maximum absolute atomic E-state index is 13.6. The second kappa shape index (κ2) is 5.59. The summed E-state index contributed by atoms with van der Waals surface area (Å²) in [4.78, 5) is 4.23. The Labute approximate surface area is 114 Å². The predicted molar refractivity (Wildman–Crippen MR) is 71.7 cm³/mol.